The first-order chi connectivity index (χ1) is 7.02. The van der Waals surface area contributed by atoms with Gasteiger partial charge in [-0.3, -0.25) is 0 Å². The Balaban J connectivity index is 4.73. The highest BCUT2D eigenvalue weighted by Gasteiger charge is 2.20. The second-order valence-electron chi connectivity index (χ2n) is 3.27. The summed E-state index contributed by atoms with van der Waals surface area (Å²) in [6.45, 7) is 7.62. The van der Waals surface area contributed by atoms with Gasteiger partial charge in [0.05, 0.1) is 13.2 Å². The van der Waals surface area contributed by atoms with Crippen molar-refractivity contribution in [3.63, 3.8) is 0 Å². The molecule has 0 aromatic rings. The van der Waals surface area contributed by atoms with E-state index < -0.39 is 11.9 Å². The summed E-state index contributed by atoms with van der Waals surface area (Å²) in [5, 5.41) is 0. The molecule has 0 N–H and O–H groups in total. The van der Waals surface area contributed by atoms with Crippen LogP contribution in [0.2, 0.25) is 0 Å². The molecule has 0 amide bonds. The first-order valence-electron chi connectivity index (χ1n) is 5.08. The molecule has 4 nitrogen and oxygen atoms in total. The Bertz CT molecular complexity index is 233. The predicted octanol–water partition coefficient (Wildman–Crippen LogP) is 1.70. The molecule has 86 valence electrons. The highest BCUT2D eigenvalue weighted by Crippen LogP contribution is 2.07. The van der Waals surface area contributed by atoms with Crippen molar-refractivity contribution in [1.29, 1.82) is 0 Å². The summed E-state index contributed by atoms with van der Waals surface area (Å²) in [5.41, 5.74) is -0.0197. The molecule has 0 aromatic carbocycles. The van der Waals surface area contributed by atoms with Crippen LogP contribution in [0.15, 0.2) is 11.6 Å². The summed E-state index contributed by atoms with van der Waals surface area (Å²) < 4.78 is 9.53. The fourth-order valence-electron chi connectivity index (χ4n) is 0.970. The highest BCUT2D eigenvalue weighted by atomic mass is 16.6. The number of ether oxygens (including phenoxy) is 2. The van der Waals surface area contributed by atoms with Crippen LogP contribution < -0.4 is 0 Å². The third-order valence-electron chi connectivity index (χ3n) is 1.49. The van der Waals surface area contributed by atoms with Crippen LogP contribution in [-0.2, 0) is 19.1 Å². The summed E-state index contributed by atoms with van der Waals surface area (Å²) in [4.78, 5) is 22.8. The Morgan fingerprint density at radius 3 is 1.73 bits per heavy atom. The van der Waals surface area contributed by atoms with E-state index in [4.69, 9.17) is 9.47 Å². The lowest BCUT2D eigenvalue weighted by Crippen LogP contribution is -2.19. The molecular formula is C11H18O4. The van der Waals surface area contributed by atoms with Crippen molar-refractivity contribution in [3.8, 4) is 0 Å². The molecule has 0 radical (unpaired) electrons. The zero-order chi connectivity index (χ0) is 11.8. The maximum Gasteiger partial charge on any atom is 0.345 e. The topological polar surface area (TPSA) is 52.6 Å². The molecule has 0 aromatic heterocycles. The van der Waals surface area contributed by atoms with Gasteiger partial charge in [-0.05, 0) is 19.8 Å². The van der Waals surface area contributed by atoms with Gasteiger partial charge in [-0.15, -0.1) is 0 Å². The van der Waals surface area contributed by atoms with Crippen molar-refractivity contribution in [1.82, 2.24) is 0 Å². The van der Waals surface area contributed by atoms with Crippen LogP contribution in [0, 0.1) is 5.92 Å². The number of esters is 2. The largest absolute Gasteiger partial charge is 0.462 e. The van der Waals surface area contributed by atoms with Gasteiger partial charge in [-0.2, -0.15) is 0 Å². The number of rotatable bonds is 5. The molecule has 0 aliphatic rings. The molecule has 0 heterocycles. The van der Waals surface area contributed by atoms with E-state index in [1.165, 1.54) is 0 Å². The number of hydrogen-bond donors (Lipinski definition) is 0. The maximum atomic E-state index is 11.4. The molecule has 0 rings (SSSR count). The minimum Gasteiger partial charge on any atom is -0.462 e. The Morgan fingerprint density at radius 1 is 1.07 bits per heavy atom. The molecule has 0 spiro atoms. The lowest BCUT2D eigenvalue weighted by atomic mass is 10.1. The van der Waals surface area contributed by atoms with Gasteiger partial charge in [0.2, 0.25) is 0 Å². The zero-order valence-corrected chi connectivity index (χ0v) is 9.70. The predicted molar refractivity (Wildman–Crippen MR) is 56.2 cm³/mol. The number of carbonyl (C=O) groups is 2. The molecule has 0 fully saturated rings. The quantitative estimate of drug-likeness (QED) is 0.302. The molecule has 0 saturated carbocycles. The number of allylic oxidation sites excluding steroid dienone is 1. The average Bonchev–Trinajstić information content (AvgIpc) is 2.14. The van der Waals surface area contributed by atoms with Gasteiger partial charge in [0, 0.05) is 0 Å². The molecule has 0 unspecified atom stereocenters. The fourth-order valence-corrected chi connectivity index (χ4v) is 0.970. The Kier molecular flexibility index (Phi) is 6.42. The Hall–Kier alpha value is -1.32. The molecule has 4 heteroatoms. The van der Waals surface area contributed by atoms with Crippen LogP contribution in [0.3, 0.4) is 0 Å². The first kappa shape index (κ1) is 13.7. The van der Waals surface area contributed by atoms with Crippen LogP contribution >= 0.6 is 0 Å². The minimum atomic E-state index is -0.621. The van der Waals surface area contributed by atoms with E-state index in [2.05, 4.69) is 0 Å². The van der Waals surface area contributed by atoms with Gasteiger partial charge in [0.25, 0.3) is 0 Å². The van der Waals surface area contributed by atoms with Crippen LogP contribution in [0.5, 0.6) is 0 Å². The van der Waals surface area contributed by atoms with Crippen LogP contribution in [0.25, 0.3) is 0 Å². The normalized spacial score (nSPS) is 9.67. The van der Waals surface area contributed by atoms with Crippen LogP contribution in [0.1, 0.15) is 27.7 Å². The van der Waals surface area contributed by atoms with E-state index in [0.717, 1.165) is 0 Å². The van der Waals surface area contributed by atoms with Gasteiger partial charge < -0.3 is 9.47 Å². The molecule has 15 heavy (non-hydrogen) atoms. The zero-order valence-electron chi connectivity index (χ0n) is 9.70. The van der Waals surface area contributed by atoms with Crippen molar-refractivity contribution < 1.29 is 19.1 Å². The SMILES string of the molecule is CCOC(=O)C(=CC(C)C)C(=O)OCC. The van der Waals surface area contributed by atoms with E-state index >= 15 is 0 Å². The van der Waals surface area contributed by atoms with Gasteiger partial charge in [-0.25, -0.2) is 9.59 Å². The maximum absolute atomic E-state index is 11.4. The van der Waals surface area contributed by atoms with Gasteiger partial charge >= 0.3 is 11.9 Å². The molecule has 0 saturated heterocycles. The van der Waals surface area contributed by atoms with Crippen molar-refractivity contribution in [2.24, 2.45) is 5.92 Å². The second-order valence-corrected chi connectivity index (χ2v) is 3.27. The van der Waals surface area contributed by atoms with Crippen LogP contribution in [0.4, 0.5) is 0 Å². The summed E-state index contributed by atoms with van der Waals surface area (Å²) in [5.74, 6) is -1.15. The molecule has 0 aliphatic carbocycles. The lowest BCUT2D eigenvalue weighted by molar-refractivity contribution is -0.146. The molecule has 0 bridgehead atoms. The van der Waals surface area contributed by atoms with Gasteiger partial charge in [0.1, 0.15) is 5.57 Å². The van der Waals surface area contributed by atoms with E-state index in [9.17, 15) is 9.59 Å². The number of hydrogen-bond acceptors (Lipinski definition) is 4. The summed E-state index contributed by atoms with van der Waals surface area (Å²) in [6, 6.07) is 0. The van der Waals surface area contributed by atoms with E-state index in [1.807, 2.05) is 13.8 Å². The third-order valence-corrected chi connectivity index (χ3v) is 1.49. The summed E-state index contributed by atoms with van der Waals surface area (Å²) >= 11 is 0. The van der Waals surface area contributed by atoms with Crippen LogP contribution in [-0.4, -0.2) is 25.2 Å². The summed E-state index contributed by atoms with van der Waals surface area (Å²) in [6.07, 6.45) is 1.55. The highest BCUT2D eigenvalue weighted by molar-refractivity contribution is 6.14. The van der Waals surface area contributed by atoms with Crippen molar-refractivity contribution in [2.45, 2.75) is 27.7 Å². The van der Waals surface area contributed by atoms with E-state index in [1.54, 1.807) is 19.9 Å². The van der Waals surface area contributed by atoms with E-state index in [0.29, 0.717) is 0 Å². The Labute approximate surface area is 90.2 Å². The third kappa shape index (κ3) is 5.20. The standard InChI is InChI=1S/C11H18O4/c1-5-14-10(12)9(7-8(3)4)11(13)15-6-2/h7-8H,5-6H2,1-4H3. The smallest absolute Gasteiger partial charge is 0.345 e. The van der Waals surface area contributed by atoms with E-state index in [-0.39, 0.29) is 24.7 Å². The van der Waals surface area contributed by atoms with Crippen molar-refractivity contribution >= 4 is 11.9 Å². The lowest BCUT2D eigenvalue weighted by Gasteiger charge is -2.07. The average molecular weight is 214 g/mol. The molecule has 0 atom stereocenters. The fraction of sp³-hybridized carbons (Fsp3) is 0.636. The second kappa shape index (κ2) is 7.04. The monoisotopic (exact) mass is 214 g/mol. The first-order valence-corrected chi connectivity index (χ1v) is 5.08. The summed E-state index contributed by atoms with van der Waals surface area (Å²) in [7, 11) is 0. The minimum absolute atomic E-state index is 0.0197. The van der Waals surface area contributed by atoms with Crippen molar-refractivity contribution in [3.05, 3.63) is 11.6 Å². The number of carbonyl (C=O) groups excluding carboxylic acids is 2. The molecular weight excluding hydrogens is 196 g/mol. The van der Waals surface area contributed by atoms with Gasteiger partial charge in [-0.1, -0.05) is 19.9 Å². The molecule has 0 aliphatic heterocycles. The van der Waals surface area contributed by atoms with Crippen molar-refractivity contribution in [2.75, 3.05) is 13.2 Å². The Morgan fingerprint density at radius 2 is 1.47 bits per heavy atom. The van der Waals surface area contributed by atoms with Gasteiger partial charge in [0.15, 0.2) is 0 Å².